The second-order valence-electron chi connectivity index (χ2n) is 2.57. The predicted octanol–water partition coefficient (Wildman–Crippen LogP) is -1.92. The van der Waals surface area contributed by atoms with Gasteiger partial charge in [-0.1, -0.05) is 0 Å². The minimum atomic E-state index is -0.329. The number of hydrogen-bond acceptors (Lipinski definition) is 8. The molecule has 20 heavy (non-hydrogen) atoms. The molecule has 2 aliphatic heterocycles. The number of amides is 4. The molecule has 0 bridgehead atoms. The van der Waals surface area contributed by atoms with E-state index < -0.39 is 0 Å². The van der Waals surface area contributed by atoms with Crippen LogP contribution in [-0.2, 0) is 19.2 Å². The lowest BCUT2D eigenvalue weighted by molar-refractivity contribution is -0.125. The summed E-state index contributed by atoms with van der Waals surface area (Å²) in [5.74, 6) is -1.31. The molecule has 0 radical (unpaired) electrons. The van der Waals surface area contributed by atoms with Crippen molar-refractivity contribution in [1.29, 1.82) is 10.5 Å². The van der Waals surface area contributed by atoms with Gasteiger partial charge in [-0.2, -0.15) is 10.5 Å². The lowest BCUT2D eigenvalue weighted by atomic mass is 10.6. The van der Waals surface area contributed by atoms with Crippen molar-refractivity contribution in [3.05, 3.63) is 24.3 Å². The highest BCUT2D eigenvalue weighted by Gasteiger charge is 2.07. The molecule has 0 fully saturated rings. The lowest BCUT2D eigenvalue weighted by Gasteiger charge is -1.80. The van der Waals surface area contributed by atoms with Gasteiger partial charge < -0.3 is 10.2 Å². The Morgan fingerprint density at radius 1 is 0.700 bits per heavy atom. The number of carbonyl (C=O) groups is 4. The minimum Gasteiger partial charge on any atom is -0.443 e. The van der Waals surface area contributed by atoms with Crippen LogP contribution in [0.5, 0.6) is 0 Å². The summed E-state index contributed by atoms with van der Waals surface area (Å²) in [6.07, 6.45) is 6.29. The Morgan fingerprint density at radius 3 is 0.900 bits per heavy atom. The van der Waals surface area contributed by atoms with Crippen LogP contribution >= 0.6 is 0 Å². The first kappa shape index (κ1) is 18.7. The number of nitrogens with one attached hydrogen (secondary N) is 2. The summed E-state index contributed by atoms with van der Waals surface area (Å²) in [5, 5.41) is 31.6. The Labute approximate surface area is 112 Å². The molecule has 0 aromatic heterocycles. The van der Waals surface area contributed by atoms with Crippen molar-refractivity contribution >= 4 is 23.6 Å². The minimum absolute atomic E-state index is 0.329. The van der Waals surface area contributed by atoms with Crippen LogP contribution in [-0.4, -0.2) is 33.8 Å². The summed E-state index contributed by atoms with van der Waals surface area (Å²) < 4.78 is 0. The maximum absolute atomic E-state index is 10.0. The van der Waals surface area contributed by atoms with Crippen molar-refractivity contribution in [2.24, 2.45) is 0 Å². The third kappa shape index (κ3) is 12.4. The van der Waals surface area contributed by atoms with Crippen molar-refractivity contribution in [3.8, 4) is 12.5 Å². The predicted molar refractivity (Wildman–Crippen MR) is 59.7 cm³/mol. The largest absolute Gasteiger partial charge is 0.443 e. The fourth-order valence-corrected chi connectivity index (χ4v) is 0.712. The molecule has 4 N–H and O–H groups in total. The molecule has 10 heteroatoms. The van der Waals surface area contributed by atoms with Crippen molar-refractivity contribution in [1.82, 2.24) is 10.6 Å². The Kier molecular flexibility index (Phi) is 11.0. The molecular weight excluding hydrogens is 272 g/mol. The van der Waals surface area contributed by atoms with Crippen LogP contribution in [0.4, 0.5) is 0 Å². The average molecular weight is 280 g/mol. The van der Waals surface area contributed by atoms with Gasteiger partial charge in [0.2, 0.25) is 0 Å². The number of aliphatic hydroxyl groups is 2. The summed E-state index contributed by atoms with van der Waals surface area (Å²) in [6, 6.07) is 0. The van der Waals surface area contributed by atoms with Crippen molar-refractivity contribution in [3.63, 3.8) is 0 Å². The molecule has 4 amide bonds. The standard InChI is InChI=1S/2C4H3NO2.2CHNO/c2*6-3-1-2-4(7)5-3;2*2-1-3/h2*1-2H,(H,5,6,7);2*3H. The molecule has 0 spiro atoms. The molecule has 2 aliphatic rings. The number of nitrogens with zero attached hydrogens (tertiary/aromatic N) is 2. The van der Waals surface area contributed by atoms with E-state index in [-0.39, 0.29) is 23.6 Å². The number of carbonyl (C=O) groups excluding carboxylic acids is 4. The molecule has 104 valence electrons. The van der Waals surface area contributed by atoms with Gasteiger partial charge in [-0.05, 0) is 0 Å². The van der Waals surface area contributed by atoms with Gasteiger partial charge in [-0.25, -0.2) is 0 Å². The molecule has 0 saturated heterocycles. The van der Waals surface area contributed by atoms with E-state index in [2.05, 4.69) is 0 Å². The zero-order valence-corrected chi connectivity index (χ0v) is 9.73. The fourth-order valence-electron chi connectivity index (χ4n) is 0.712. The van der Waals surface area contributed by atoms with Crippen molar-refractivity contribution in [2.75, 3.05) is 0 Å². The molecule has 0 aromatic carbocycles. The van der Waals surface area contributed by atoms with Gasteiger partial charge in [0, 0.05) is 24.3 Å². The van der Waals surface area contributed by atoms with Crippen LogP contribution in [0.15, 0.2) is 24.3 Å². The van der Waals surface area contributed by atoms with E-state index in [0.717, 1.165) is 12.5 Å². The normalized spacial score (nSPS) is 13.1. The second-order valence-corrected chi connectivity index (χ2v) is 2.57. The zero-order chi connectivity index (χ0) is 16.0. The van der Waals surface area contributed by atoms with Crippen molar-refractivity contribution in [2.45, 2.75) is 0 Å². The van der Waals surface area contributed by atoms with E-state index >= 15 is 0 Å². The van der Waals surface area contributed by atoms with Gasteiger partial charge >= 0.3 is 0 Å². The van der Waals surface area contributed by atoms with Crippen LogP contribution in [0.2, 0.25) is 0 Å². The molecule has 10 nitrogen and oxygen atoms in total. The zero-order valence-electron chi connectivity index (χ0n) is 9.73. The molecular formula is C10H8N4O6. The van der Waals surface area contributed by atoms with Crippen LogP contribution < -0.4 is 10.6 Å². The highest BCUT2D eigenvalue weighted by molar-refractivity contribution is 6.13. The smallest absolute Gasteiger partial charge is 0.283 e. The molecule has 0 unspecified atom stereocenters. The summed E-state index contributed by atoms with van der Waals surface area (Å²) in [4.78, 5) is 40.1. The monoisotopic (exact) mass is 280 g/mol. The van der Waals surface area contributed by atoms with E-state index in [4.69, 9.17) is 20.7 Å². The molecule has 0 saturated carbocycles. The summed E-state index contributed by atoms with van der Waals surface area (Å²) in [5.41, 5.74) is 0. The quantitative estimate of drug-likeness (QED) is 0.292. The molecule has 0 aliphatic carbocycles. The topological polar surface area (TPSA) is 180 Å². The molecule has 0 aromatic rings. The number of imide groups is 2. The van der Waals surface area contributed by atoms with Gasteiger partial charge in [0.15, 0.2) is 0 Å². The highest BCUT2D eigenvalue weighted by Crippen LogP contribution is 1.83. The Bertz CT molecular complexity index is 443. The van der Waals surface area contributed by atoms with E-state index in [1.807, 2.05) is 10.6 Å². The molecule has 2 heterocycles. The Balaban J connectivity index is 0. The van der Waals surface area contributed by atoms with Crippen LogP contribution in [0.25, 0.3) is 0 Å². The van der Waals surface area contributed by atoms with Gasteiger partial charge in [0.05, 0.1) is 0 Å². The number of aliphatic hydroxyl groups excluding tert-OH is 2. The first-order valence-corrected chi connectivity index (χ1v) is 4.53. The van der Waals surface area contributed by atoms with Crippen molar-refractivity contribution < 1.29 is 29.4 Å². The molecule has 0 atom stereocenters. The SMILES string of the molecule is N#CO.N#CO.O=C1C=CC(=O)N1.O=C1C=CC(=O)N1. The lowest BCUT2D eigenvalue weighted by Crippen LogP contribution is -2.19. The van der Waals surface area contributed by atoms with Gasteiger partial charge in [-0.15, -0.1) is 0 Å². The van der Waals surface area contributed by atoms with Crippen LogP contribution in [0.3, 0.4) is 0 Å². The van der Waals surface area contributed by atoms with E-state index in [1.165, 1.54) is 24.3 Å². The maximum Gasteiger partial charge on any atom is 0.283 e. The Morgan fingerprint density at radius 2 is 0.850 bits per heavy atom. The van der Waals surface area contributed by atoms with E-state index in [9.17, 15) is 19.2 Å². The Hall–Kier alpha value is -3.66. The second kappa shape index (κ2) is 11.8. The van der Waals surface area contributed by atoms with Gasteiger partial charge in [-0.3, -0.25) is 29.8 Å². The van der Waals surface area contributed by atoms with E-state index in [0.29, 0.717) is 0 Å². The maximum atomic E-state index is 10.0. The third-order valence-electron chi connectivity index (χ3n) is 1.26. The van der Waals surface area contributed by atoms with Gasteiger partial charge in [0.25, 0.3) is 36.1 Å². The average Bonchev–Trinajstić information content (AvgIpc) is 2.90. The third-order valence-corrected chi connectivity index (χ3v) is 1.26. The van der Waals surface area contributed by atoms with Crippen LogP contribution in [0, 0.1) is 23.0 Å². The van der Waals surface area contributed by atoms with Crippen LogP contribution in [0.1, 0.15) is 0 Å². The number of hydrogen-bond donors (Lipinski definition) is 4. The van der Waals surface area contributed by atoms with E-state index in [1.54, 1.807) is 0 Å². The number of rotatable bonds is 0. The first-order chi connectivity index (χ1) is 9.40. The summed E-state index contributed by atoms with van der Waals surface area (Å²) >= 11 is 0. The fraction of sp³-hybridized carbons (Fsp3) is 0. The highest BCUT2D eigenvalue weighted by atomic mass is 16.2. The summed E-state index contributed by atoms with van der Waals surface area (Å²) in [6.45, 7) is 0. The first-order valence-electron chi connectivity index (χ1n) is 4.53. The number of nitriles is 2. The van der Waals surface area contributed by atoms with Gasteiger partial charge in [0.1, 0.15) is 0 Å². The molecule has 2 rings (SSSR count). The summed E-state index contributed by atoms with van der Waals surface area (Å²) in [7, 11) is 0.